The van der Waals surface area contributed by atoms with E-state index in [1.54, 1.807) is 0 Å². The van der Waals surface area contributed by atoms with E-state index in [2.05, 4.69) is 18.2 Å². The maximum Gasteiger partial charge on any atom is 0.178 e. The van der Waals surface area contributed by atoms with Crippen LogP contribution in [0.25, 0.3) is 43.9 Å². The molecule has 0 aliphatic carbocycles. The highest BCUT2D eigenvalue weighted by Crippen LogP contribution is 2.37. The summed E-state index contributed by atoms with van der Waals surface area (Å²) in [7, 11) is 5.84. The molecule has 0 N–H and O–H groups in total. The van der Waals surface area contributed by atoms with Crippen molar-refractivity contribution in [3.05, 3.63) is 54.6 Å². The van der Waals surface area contributed by atoms with Crippen LogP contribution in [0.5, 0.6) is 0 Å². The monoisotopic (exact) mass is 268 g/mol. The van der Waals surface area contributed by atoms with Gasteiger partial charge in [-0.05, 0) is 24.3 Å². The van der Waals surface area contributed by atoms with Crippen LogP contribution in [0.4, 0.5) is 0 Å². The van der Waals surface area contributed by atoms with Gasteiger partial charge in [0.1, 0.15) is 19.0 Å². The van der Waals surface area contributed by atoms with E-state index in [0.717, 1.165) is 43.9 Å². The third kappa shape index (κ3) is 1.38. The summed E-state index contributed by atoms with van der Waals surface area (Å²) in [5.74, 6) is 0. The van der Waals surface area contributed by atoms with Crippen LogP contribution < -0.4 is 5.46 Å². The predicted octanol–water partition coefficient (Wildman–Crippen LogP) is 4.28. The van der Waals surface area contributed by atoms with Crippen molar-refractivity contribution >= 4 is 57.2 Å². The number of benzene rings is 3. The molecule has 2 aromatic heterocycles. The summed E-state index contributed by atoms with van der Waals surface area (Å²) < 4.78 is 12.0. The van der Waals surface area contributed by atoms with Crippen molar-refractivity contribution in [3.63, 3.8) is 0 Å². The Morgan fingerprint density at radius 3 is 2.05 bits per heavy atom. The van der Waals surface area contributed by atoms with Crippen LogP contribution in [0.1, 0.15) is 0 Å². The Hall–Kier alpha value is -2.68. The SMILES string of the molecule is [B]c1ccc2c(c1)oc1c2ccc2c3ccccc3oc21. The summed E-state index contributed by atoms with van der Waals surface area (Å²) in [5.41, 5.74) is 3.94. The van der Waals surface area contributed by atoms with E-state index < -0.39 is 0 Å². The highest BCUT2D eigenvalue weighted by Gasteiger charge is 2.15. The lowest BCUT2D eigenvalue weighted by Crippen LogP contribution is -1.98. The normalized spacial score (nSPS) is 12.0. The first-order chi connectivity index (χ1) is 10.3. The van der Waals surface area contributed by atoms with E-state index in [1.165, 1.54) is 0 Å². The van der Waals surface area contributed by atoms with E-state index in [1.807, 2.05) is 36.4 Å². The molecule has 21 heavy (non-hydrogen) atoms. The Morgan fingerprint density at radius 2 is 1.24 bits per heavy atom. The summed E-state index contributed by atoms with van der Waals surface area (Å²) in [6.45, 7) is 0. The number of rotatable bonds is 0. The maximum absolute atomic E-state index is 6.00. The van der Waals surface area contributed by atoms with Gasteiger partial charge < -0.3 is 8.83 Å². The summed E-state index contributed by atoms with van der Waals surface area (Å²) in [6.07, 6.45) is 0. The van der Waals surface area contributed by atoms with Gasteiger partial charge in [0.25, 0.3) is 0 Å². The molecule has 0 unspecified atom stereocenters. The lowest BCUT2D eigenvalue weighted by atomic mass is 9.95. The lowest BCUT2D eigenvalue weighted by Gasteiger charge is -1.91. The van der Waals surface area contributed by atoms with Crippen LogP contribution in [0.3, 0.4) is 0 Å². The average molecular weight is 268 g/mol. The van der Waals surface area contributed by atoms with Gasteiger partial charge in [0.2, 0.25) is 0 Å². The molecule has 2 heterocycles. The first kappa shape index (κ1) is 11.0. The van der Waals surface area contributed by atoms with Gasteiger partial charge in [-0.2, -0.15) is 0 Å². The molecule has 0 saturated heterocycles. The Kier molecular flexibility index (Phi) is 1.94. The highest BCUT2D eigenvalue weighted by molar-refractivity contribution is 6.33. The second kappa shape index (κ2) is 3.70. The van der Waals surface area contributed by atoms with Gasteiger partial charge in [-0.15, -0.1) is 0 Å². The number of hydrogen-bond acceptors (Lipinski definition) is 2. The molecular weight excluding hydrogens is 259 g/mol. The smallest absolute Gasteiger partial charge is 0.178 e. The van der Waals surface area contributed by atoms with Crippen LogP contribution in [-0.4, -0.2) is 7.85 Å². The number of hydrogen-bond donors (Lipinski definition) is 0. The van der Waals surface area contributed by atoms with Crippen molar-refractivity contribution in [1.82, 2.24) is 0 Å². The van der Waals surface area contributed by atoms with Crippen LogP contribution in [0.15, 0.2) is 63.4 Å². The molecule has 5 rings (SSSR count). The Morgan fingerprint density at radius 1 is 0.619 bits per heavy atom. The average Bonchev–Trinajstić information content (AvgIpc) is 3.04. The number of para-hydroxylation sites is 1. The van der Waals surface area contributed by atoms with Crippen molar-refractivity contribution < 1.29 is 8.83 Å². The second-order valence-corrected chi connectivity index (χ2v) is 5.27. The molecular formula is C18H9BO2. The van der Waals surface area contributed by atoms with Crippen molar-refractivity contribution in [2.75, 3.05) is 0 Å². The molecule has 0 amide bonds. The molecule has 0 atom stereocenters. The summed E-state index contributed by atoms with van der Waals surface area (Å²) in [4.78, 5) is 0. The minimum atomic E-state index is 0.697. The van der Waals surface area contributed by atoms with Crippen LogP contribution in [0, 0.1) is 0 Å². The molecule has 2 nitrogen and oxygen atoms in total. The Labute approximate surface area is 121 Å². The van der Waals surface area contributed by atoms with Gasteiger partial charge in [-0.1, -0.05) is 35.8 Å². The number of fused-ring (bicyclic) bond motifs is 7. The molecule has 0 spiro atoms. The van der Waals surface area contributed by atoms with Crippen molar-refractivity contribution in [1.29, 1.82) is 0 Å². The second-order valence-electron chi connectivity index (χ2n) is 5.27. The maximum atomic E-state index is 6.00. The standard InChI is InChI=1S/C18H9BO2/c19-10-5-6-12-14-8-7-13-11-3-1-2-4-15(11)20-17(13)18(14)21-16(12)9-10/h1-9H. The van der Waals surface area contributed by atoms with Gasteiger partial charge in [0.05, 0.1) is 0 Å². The van der Waals surface area contributed by atoms with Gasteiger partial charge in [0, 0.05) is 21.5 Å². The molecule has 2 radical (unpaired) electrons. The van der Waals surface area contributed by atoms with Crippen molar-refractivity contribution in [2.24, 2.45) is 0 Å². The number of furan rings is 2. The predicted molar refractivity (Wildman–Crippen MR) is 86.4 cm³/mol. The molecule has 5 aromatic rings. The third-order valence-electron chi connectivity index (χ3n) is 4.01. The molecule has 0 aliphatic rings. The fourth-order valence-electron chi connectivity index (χ4n) is 3.03. The van der Waals surface area contributed by atoms with Gasteiger partial charge in [-0.25, -0.2) is 0 Å². The third-order valence-corrected chi connectivity index (χ3v) is 4.01. The summed E-state index contributed by atoms with van der Waals surface area (Å²) in [6, 6.07) is 17.9. The van der Waals surface area contributed by atoms with Crippen LogP contribution >= 0.6 is 0 Å². The molecule has 0 fully saturated rings. The van der Waals surface area contributed by atoms with E-state index >= 15 is 0 Å². The van der Waals surface area contributed by atoms with Gasteiger partial charge in [-0.3, -0.25) is 0 Å². The molecule has 0 bridgehead atoms. The highest BCUT2D eigenvalue weighted by atomic mass is 16.4. The lowest BCUT2D eigenvalue weighted by molar-refractivity contribution is 0.633. The van der Waals surface area contributed by atoms with Crippen LogP contribution in [0.2, 0.25) is 0 Å². The van der Waals surface area contributed by atoms with E-state index in [4.69, 9.17) is 16.7 Å². The quantitative estimate of drug-likeness (QED) is 0.392. The van der Waals surface area contributed by atoms with Crippen molar-refractivity contribution in [2.45, 2.75) is 0 Å². The summed E-state index contributed by atoms with van der Waals surface area (Å²) >= 11 is 0. The zero-order valence-corrected chi connectivity index (χ0v) is 11.1. The van der Waals surface area contributed by atoms with Gasteiger partial charge in [0.15, 0.2) is 11.2 Å². The van der Waals surface area contributed by atoms with Gasteiger partial charge >= 0.3 is 0 Å². The fourth-order valence-corrected chi connectivity index (χ4v) is 3.03. The minimum absolute atomic E-state index is 0.697. The zero-order valence-electron chi connectivity index (χ0n) is 11.1. The molecule has 3 heteroatoms. The first-order valence-electron chi connectivity index (χ1n) is 6.83. The minimum Gasteiger partial charge on any atom is -0.452 e. The first-order valence-corrected chi connectivity index (χ1v) is 6.83. The topological polar surface area (TPSA) is 26.3 Å². The van der Waals surface area contributed by atoms with E-state index in [0.29, 0.717) is 5.46 Å². The summed E-state index contributed by atoms with van der Waals surface area (Å²) in [5, 5.41) is 4.29. The zero-order chi connectivity index (χ0) is 14.0. The Balaban J connectivity index is 2.06. The van der Waals surface area contributed by atoms with Crippen molar-refractivity contribution in [3.8, 4) is 0 Å². The molecule has 3 aromatic carbocycles. The fraction of sp³-hybridized carbons (Fsp3) is 0. The van der Waals surface area contributed by atoms with E-state index in [9.17, 15) is 0 Å². The molecule has 0 aliphatic heterocycles. The molecule has 0 saturated carbocycles. The molecule has 96 valence electrons. The Bertz CT molecular complexity index is 1150. The van der Waals surface area contributed by atoms with Crippen LogP contribution in [-0.2, 0) is 0 Å². The largest absolute Gasteiger partial charge is 0.452 e. The van der Waals surface area contributed by atoms with E-state index in [-0.39, 0.29) is 0 Å².